The fourth-order valence-electron chi connectivity index (χ4n) is 2.11. The Balaban J connectivity index is 1.86. The lowest BCUT2D eigenvalue weighted by atomic mass is 10.1. The Morgan fingerprint density at radius 1 is 1.31 bits per heavy atom. The molecule has 0 N–H and O–H groups in total. The highest BCUT2D eigenvalue weighted by Gasteiger charge is 2.46. The molecule has 0 bridgehead atoms. The lowest BCUT2D eigenvalue weighted by molar-refractivity contribution is -0.301. The van der Waals surface area contributed by atoms with E-state index in [1.807, 2.05) is 13.8 Å². The molecule has 3 atom stereocenters. The number of hydrogen-bond donors (Lipinski definition) is 0. The first-order valence-electron chi connectivity index (χ1n) is 6.17. The summed E-state index contributed by atoms with van der Waals surface area (Å²) in [5, 5.41) is 0. The summed E-state index contributed by atoms with van der Waals surface area (Å²) >= 11 is 0. The van der Waals surface area contributed by atoms with Crippen LogP contribution in [0.25, 0.3) is 0 Å². The molecule has 0 aromatic rings. The molecule has 0 aliphatic carbocycles. The number of fused-ring (bicyclic) bond motifs is 1. The van der Waals surface area contributed by atoms with Crippen molar-refractivity contribution in [2.24, 2.45) is 0 Å². The first kappa shape index (κ1) is 12.3. The molecule has 0 radical (unpaired) electrons. The summed E-state index contributed by atoms with van der Waals surface area (Å²) < 4.78 is 22.8. The molecule has 0 aromatic heterocycles. The molecule has 0 amide bonds. The van der Waals surface area contributed by atoms with E-state index in [9.17, 15) is 0 Å². The molecular formula is C12H22O4. The van der Waals surface area contributed by atoms with Gasteiger partial charge in [-0.25, -0.2) is 0 Å². The third-order valence-corrected chi connectivity index (χ3v) is 3.05. The SMILES string of the molecule is CCCCO[C@@H]1CO[C@@H]2COC(C)(C)O[C@H]12. The molecule has 0 aromatic carbocycles. The van der Waals surface area contributed by atoms with Crippen LogP contribution in [0.3, 0.4) is 0 Å². The van der Waals surface area contributed by atoms with Gasteiger partial charge in [0.1, 0.15) is 18.3 Å². The quantitative estimate of drug-likeness (QED) is 0.689. The van der Waals surface area contributed by atoms with Crippen LogP contribution in [-0.4, -0.2) is 43.9 Å². The van der Waals surface area contributed by atoms with Crippen LogP contribution in [0, 0.1) is 0 Å². The molecule has 0 spiro atoms. The normalized spacial score (nSPS) is 37.3. The largest absolute Gasteiger partial charge is 0.373 e. The Hall–Kier alpha value is -0.160. The predicted molar refractivity (Wildman–Crippen MR) is 59.3 cm³/mol. The topological polar surface area (TPSA) is 36.9 Å². The summed E-state index contributed by atoms with van der Waals surface area (Å²) in [4.78, 5) is 0. The fraction of sp³-hybridized carbons (Fsp3) is 1.00. The van der Waals surface area contributed by atoms with E-state index in [0.717, 1.165) is 19.4 Å². The zero-order valence-electron chi connectivity index (χ0n) is 10.4. The van der Waals surface area contributed by atoms with Gasteiger partial charge in [-0.15, -0.1) is 0 Å². The third-order valence-electron chi connectivity index (χ3n) is 3.05. The molecule has 2 saturated heterocycles. The van der Waals surface area contributed by atoms with Crippen LogP contribution in [0.15, 0.2) is 0 Å². The summed E-state index contributed by atoms with van der Waals surface area (Å²) in [7, 11) is 0. The van der Waals surface area contributed by atoms with E-state index in [0.29, 0.717) is 13.2 Å². The predicted octanol–water partition coefficient (Wildman–Crippen LogP) is 1.72. The van der Waals surface area contributed by atoms with E-state index in [2.05, 4.69) is 6.92 Å². The summed E-state index contributed by atoms with van der Waals surface area (Å²) in [6.45, 7) is 8.04. The molecule has 2 aliphatic heterocycles. The van der Waals surface area contributed by atoms with Crippen molar-refractivity contribution in [2.75, 3.05) is 19.8 Å². The van der Waals surface area contributed by atoms with Crippen LogP contribution < -0.4 is 0 Å². The monoisotopic (exact) mass is 230 g/mol. The van der Waals surface area contributed by atoms with Crippen LogP contribution in [0.2, 0.25) is 0 Å². The molecule has 94 valence electrons. The lowest BCUT2D eigenvalue weighted by Gasteiger charge is -2.38. The van der Waals surface area contributed by atoms with Crippen molar-refractivity contribution in [3.8, 4) is 0 Å². The van der Waals surface area contributed by atoms with Crippen molar-refractivity contribution in [1.29, 1.82) is 0 Å². The molecular weight excluding hydrogens is 208 g/mol. The molecule has 4 heteroatoms. The Labute approximate surface area is 97.2 Å². The van der Waals surface area contributed by atoms with Gasteiger partial charge in [0.15, 0.2) is 5.79 Å². The van der Waals surface area contributed by atoms with Crippen LogP contribution >= 0.6 is 0 Å². The van der Waals surface area contributed by atoms with Crippen molar-refractivity contribution < 1.29 is 18.9 Å². The van der Waals surface area contributed by atoms with Gasteiger partial charge in [-0.2, -0.15) is 0 Å². The second kappa shape index (κ2) is 5.00. The van der Waals surface area contributed by atoms with Gasteiger partial charge in [-0.05, 0) is 20.3 Å². The van der Waals surface area contributed by atoms with Crippen LogP contribution in [-0.2, 0) is 18.9 Å². The van der Waals surface area contributed by atoms with Crippen molar-refractivity contribution in [3.63, 3.8) is 0 Å². The van der Waals surface area contributed by atoms with E-state index in [-0.39, 0.29) is 18.3 Å². The molecule has 2 fully saturated rings. The van der Waals surface area contributed by atoms with Crippen LogP contribution in [0.1, 0.15) is 33.6 Å². The van der Waals surface area contributed by atoms with E-state index in [1.165, 1.54) is 0 Å². The van der Waals surface area contributed by atoms with Gasteiger partial charge in [0.05, 0.1) is 13.2 Å². The molecule has 2 heterocycles. The van der Waals surface area contributed by atoms with E-state index >= 15 is 0 Å². The number of unbranched alkanes of at least 4 members (excludes halogenated alkanes) is 1. The van der Waals surface area contributed by atoms with Crippen molar-refractivity contribution in [3.05, 3.63) is 0 Å². The third kappa shape index (κ3) is 2.74. The summed E-state index contributed by atoms with van der Waals surface area (Å²) in [6.07, 6.45) is 2.38. The fourth-order valence-corrected chi connectivity index (χ4v) is 2.11. The van der Waals surface area contributed by atoms with Gasteiger partial charge in [-0.3, -0.25) is 0 Å². The van der Waals surface area contributed by atoms with Crippen molar-refractivity contribution in [1.82, 2.24) is 0 Å². The average Bonchev–Trinajstić information content (AvgIpc) is 2.60. The maximum atomic E-state index is 5.87. The Bertz CT molecular complexity index is 229. The van der Waals surface area contributed by atoms with Crippen LogP contribution in [0.5, 0.6) is 0 Å². The van der Waals surface area contributed by atoms with Gasteiger partial charge >= 0.3 is 0 Å². The van der Waals surface area contributed by atoms with Gasteiger partial charge in [0.2, 0.25) is 0 Å². The lowest BCUT2D eigenvalue weighted by Crippen LogP contribution is -2.50. The molecule has 16 heavy (non-hydrogen) atoms. The Kier molecular flexibility index (Phi) is 3.85. The number of hydrogen-bond acceptors (Lipinski definition) is 4. The zero-order valence-corrected chi connectivity index (χ0v) is 10.4. The highest BCUT2D eigenvalue weighted by molar-refractivity contribution is 4.90. The highest BCUT2D eigenvalue weighted by atomic mass is 16.7. The standard InChI is InChI=1S/C12H22O4/c1-4-5-6-13-9-7-14-10-8-15-12(2,3)16-11(9)10/h9-11H,4-8H2,1-3H3/t9-,10-,11-/m1/s1. The van der Waals surface area contributed by atoms with Crippen molar-refractivity contribution in [2.45, 2.75) is 57.7 Å². The molecule has 2 aliphatic rings. The highest BCUT2D eigenvalue weighted by Crippen LogP contribution is 2.31. The molecule has 0 unspecified atom stereocenters. The molecule has 2 rings (SSSR count). The summed E-state index contributed by atoms with van der Waals surface area (Å²) in [5.41, 5.74) is 0. The maximum Gasteiger partial charge on any atom is 0.163 e. The van der Waals surface area contributed by atoms with Gasteiger partial charge < -0.3 is 18.9 Å². The minimum atomic E-state index is -0.513. The Morgan fingerprint density at radius 2 is 2.12 bits per heavy atom. The smallest absolute Gasteiger partial charge is 0.163 e. The van der Waals surface area contributed by atoms with Gasteiger partial charge in [0.25, 0.3) is 0 Å². The minimum Gasteiger partial charge on any atom is -0.373 e. The van der Waals surface area contributed by atoms with Crippen molar-refractivity contribution >= 4 is 0 Å². The maximum absolute atomic E-state index is 5.87. The molecule has 4 nitrogen and oxygen atoms in total. The second-order valence-electron chi connectivity index (χ2n) is 4.93. The van der Waals surface area contributed by atoms with E-state index in [1.54, 1.807) is 0 Å². The summed E-state index contributed by atoms with van der Waals surface area (Å²) in [5.74, 6) is -0.513. The first-order valence-corrected chi connectivity index (χ1v) is 6.17. The van der Waals surface area contributed by atoms with E-state index < -0.39 is 5.79 Å². The Morgan fingerprint density at radius 3 is 2.88 bits per heavy atom. The number of ether oxygens (including phenoxy) is 4. The number of rotatable bonds is 4. The first-order chi connectivity index (χ1) is 7.62. The average molecular weight is 230 g/mol. The van der Waals surface area contributed by atoms with Crippen LogP contribution in [0.4, 0.5) is 0 Å². The van der Waals surface area contributed by atoms with Gasteiger partial charge in [-0.1, -0.05) is 13.3 Å². The zero-order chi connectivity index (χ0) is 11.6. The van der Waals surface area contributed by atoms with Gasteiger partial charge in [0, 0.05) is 6.61 Å². The molecule has 0 saturated carbocycles. The second-order valence-corrected chi connectivity index (χ2v) is 4.93. The summed E-state index contributed by atoms with van der Waals surface area (Å²) in [6, 6.07) is 0. The van der Waals surface area contributed by atoms with E-state index in [4.69, 9.17) is 18.9 Å². The minimum absolute atomic E-state index is 0.0283.